The molecule has 1 amide bonds. The van der Waals surface area contributed by atoms with Crippen LogP contribution < -0.4 is 5.32 Å². The summed E-state index contributed by atoms with van der Waals surface area (Å²) < 4.78 is 15.4. The zero-order valence-corrected chi connectivity index (χ0v) is 11.3. The topological polar surface area (TPSA) is 60.0 Å². The van der Waals surface area contributed by atoms with E-state index in [1.807, 2.05) is 11.8 Å². The Bertz CT molecular complexity index is 232. The van der Waals surface area contributed by atoms with Crippen LogP contribution in [-0.2, 0) is 19.0 Å². The number of nitrogens with one attached hydrogen (secondary N) is 1. The van der Waals surface area contributed by atoms with E-state index in [1.54, 1.807) is 7.11 Å². The van der Waals surface area contributed by atoms with Gasteiger partial charge in [-0.3, -0.25) is 4.79 Å². The smallest absolute Gasteiger partial charge is 0.239 e. The highest BCUT2D eigenvalue weighted by atomic mass is 16.5. The number of amides is 1. The van der Waals surface area contributed by atoms with Crippen molar-refractivity contribution in [3.8, 4) is 0 Å². The van der Waals surface area contributed by atoms with Gasteiger partial charge >= 0.3 is 0 Å². The molecule has 0 aliphatic carbocycles. The molecule has 1 atom stereocenters. The molecule has 0 saturated carbocycles. The van der Waals surface area contributed by atoms with E-state index in [-0.39, 0.29) is 11.9 Å². The van der Waals surface area contributed by atoms with E-state index in [0.717, 1.165) is 0 Å². The number of rotatable bonds is 8. The number of carbonyl (C=O) groups is 1. The highest BCUT2D eigenvalue weighted by Crippen LogP contribution is 2.00. The first kappa shape index (κ1) is 15.4. The van der Waals surface area contributed by atoms with E-state index in [4.69, 9.17) is 14.2 Å². The molecule has 0 aromatic carbocycles. The van der Waals surface area contributed by atoms with Gasteiger partial charge < -0.3 is 24.4 Å². The van der Waals surface area contributed by atoms with E-state index < -0.39 is 0 Å². The van der Waals surface area contributed by atoms with Crippen molar-refractivity contribution in [2.24, 2.45) is 0 Å². The molecule has 0 radical (unpaired) electrons. The van der Waals surface area contributed by atoms with Gasteiger partial charge in [0.1, 0.15) is 0 Å². The Labute approximate surface area is 109 Å². The van der Waals surface area contributed by atoms with Crippen LogP contribution in [0, 0.1) is 0 Å². The van der Waals surface area contributed by atoms with Gasteiger partial charge in [0.15, 0.2) is 0 Å². The van der Waals surface area contributed by atoms with E-state index in [2.05, 4.69) is 5.32 Å². The second-order valence-electron chi connectivity index (χ2n) is 4.22. The maximum atomic E-state index is 12.0. The fraction of sp³-hybridized carbons (Fsp3) is 0.917. The van der Waals surface area contributed by atoms with Crippen LogP contribution in [0.15, 0.2) is 0 Å². The third-order valence-electron chi connectivity index (χ3n) is 2.82. The van der Waals surface area contributed by atoms with Gasteiger partial charge in [0, 0.05) is 26.7 Å². The highest BCUT2D eigenvalue weighted by Gasteiger charge is 2.21. The first-order chi connectivity index (χ1) is 8.75. The van der Waals surface area contributed by atoms with Gasteiger partial charge in [0.2, 0.25) is 5.91 Å². The Hall–Kier alpha value is -0.690. The van der Waals surface area contributed by atoms with Crippen molar-refractivity contribution in [1.29, 1.82) is 0 Å². The second kappa shape index (κ2) is 9.27. The molecule has 0 aromatic rings. The SMILES string of the molecule is COCCOCCNC(C)C(=O)N1CCOCC1. The number of hydrogen-bond acceptors (Lipinski definition) is 5. The summed E-state index contributed by atoms with van der Waals surface area (Å²) in [4.78, 5) is 13.9. The summed E-state index contributed by atoms with van der Waals surface area (Å²) in [7, 11) is 1.64. The second-order valence-corrected chi connectivity index (χ2v) is 4.22. The Kier molecular flexibility index (Phi) is 7.91. The van der Waals surface area contributed by atoms with E-state index in [0.29, 0.717) is 52.7 Å². The lowest BCUT2D eigenvalue weighted by atomic mass is 10.2. The van der Waals surface area contributed by atoms with Gasteiger partial charge in [-0.1, -0.05) is 0 Å². The molecule has 1 fully saturated rings. The molecule has 1 aliphatic heterocycles. The minimum Gasteiger partial charge on any atom is -0.382 e. The molecule has 6 nitrogen and oxygen atoms in total. The molecule has 6 heteroatoms. The molecule has 1 rings (SSSR count). The minimum atomic E-state index is -0.172. The van der Waals surface area contributed by atoms with Crippen molar-refractivity contribution in [1.82, 2.24) is 10.2 Å². The molecule has 1 heterocycles. The summed E-state index contributed by atoms with van der Waals surface area (Å²) in [5.41, 5.74) is 0. The van der Waals surface area contributed by atoms with Crippen LogP contribution in [0.2, 0.25) is 0 Å². The third-order valence-corrected chi connectivity index (χ3v) is 2.82. The van der Waals surface area contributed by atoms with E-state index >= 15 is 0 Å². The van der Waals surface area contributed by atoms with Crippen molar-refractivity contribution in [2.45, 2.75) is 13.0 Å². The maximum absolute atomic E-state index is 12.0. The minimum absolute atomic E-state index is 0.134. The van der Waals surface area contributed by atoms with Gasteiger partial charge in [-0.05, 0) is 6.92 Å². The van der Waals surface area contributed by atoms with Gasteiger partial charge in [-0.15, -0.1) is 0 Å². The number of methoxy groups -OCH3 is 1. The lowest BCUT2D eigenvalue weighted by Crippen LogP contribution is -2.49. The molecule has 0 aromatic heterocycles. The van der Waals surface area contributed by atoms with Crippen molar-refractivity contribution < 1.29 is 19.0 Å². The molecular formula is C12H24N2O4. The van der Waals surface area contributed by atoms with Gasteiger partial charge in [-0.25, -0.2) is 0 Å². The monoisotopic (exact) mass is 260 g/mol. The average Bonchev–Trinajstić information content (AvgIpc) is 2.42. The summed E-state index contributed by atoms with van der Waals surface area (Å²) in [6, 6.07) is -0.172. The zero-order chi connectivity index (χ0) is 13.2. The molecule has 1 N–H and O–H groups in total. The lowest BCUT2D eigenvalue weighted by Gasteiger charge is -2.29. The molecule has 18 heavy (non-hydrogen) atoms. The summed E-state index contributed by atoms with van der Waals surface area (Å²) in [6.45, 7) is 6.98. The summed E-state index contributed by atoms with van der Waals surface area (Å²) in [5, 5.41) is 3.16. The molecule has 0 bridgehead atoms. The van der Waals surface area contributed by atoms with Gasteiger partial charge in [0.05, 0.1) is 39.1 Å². The van der Waals surface area contributed by atoms with E-state index in [9.17, 15) is 4.79 Å². The molecular weight excluding hydrogens is 236 g/mol. The summed E-state index contributed by atoms with van der Waals surface area (Å²) in [5.74, 6) is 0.134. The molecule has 1 unspecified atom stereocenters. The standard InChI is InChI=1S/C12H24N2O4/c1-11(13-3-6-17-10-9-16-2)12(15)14-4-7-18-8-5-14/h11,13H,3-10H2,1-2H3. The van der Waals surface area contributed by atoms with Crippen molar-refractivity contribution >= 4 is 5.91 Å². The molecule has 1 saturated heterocycles. The van der Waals surface area contributed by atoms with Gasteiger partial charge in [0.25, 0.3) is 0 Å². The average molecular weight is 260 g/mol. The van der Waals surface area contributed by atoms with Gasteiger partial charge in [-0.2, -0.15) is 0 Å². The van der Waals surface area contributed by atoms with Crippen LogP contribution in [0.25, 0.3) is 0 Å². The first-order valence-electron chi connectivity index (χ1n) is 6.42. The molecule has 106 valence electrons. The fourth-order valence-electron chi connectivity index (χ4n) is 1.74. The van der Waals surface area contributed by atoms with Crippen LogP contribution in [-0.4, -0.2) is 76.6 Å². The van der Waals surface area contributed by atoms with Crippen LogP contribution >= 0.6 is 0 Å². The van der Waals surface area contributed by atoms with Crippen molar-refractivity contribution in [3.05, 3.63) is 0 Å². The molecule has 0 spiro atoms. The lowest BCUT2D eigenvalue weighted by molar-refractivity contribution is -0.137. The normalized spacial score (nSPS) is 17.8. The Morgan fingerprint density at radius 2 is 2.06 bits per heavy atom. The number of ether oxygens (including phenoxy) is 3. The predicted molar refractivity (Wildman–Crippen MR) is 67.6 cm³/mol. The number of nitrogens with zero attached hydrogens (tertiary/aromatic N) is 1. The van der Waals surface area contributed by atoms with Crippen molar-refractivity contribution in [2.75, 3.05) is 59.8 Å². The maximum Gasteiger partial charge on any atom is 0.239 e. The zero-order valence-electron chi connectivity index (χ0n) is 11.3. The fourth-order valence-corrected chi connectivity index (χ4v) is 1.74. The van der Waals surface area contributed by atoms with Crippen LogP contribution in [0.1, 0.15) is 6.92 Å². The van der Waals surface area contributed by atoms with Crippen LogP contribution in [0.4, 0.5) is 0 Å². The largest absolute Gasteiger partial charge is 0.382 e. The first-order valence-corrected chi connectivity index (χ1v) is 6.42. The quantitative estimate of drug-likeness (QED) is 0.595. The predicted octanol–water partition coefficient (Wildman–Crippen LogP) is -0.514. The Morgan fingerprint density at radius 1 is 1.33 bits per heavy atom. The number of hydrogen-bond donors (Lipinski definition) is 1. The summed E-state index contributed by atoms with van der Waals surface area (Å²) in [6.07, 6.45) is 0. The third kappa shape index (κ3) is 5.77. The van der Waals surface area contributed by atoms with Crippen LogP contribution in [0.5, 0.6) is 0 Å². The van der Waals surface area contributed by atoms with Crippen molar-refractivity contribution in [3.63, 3.8) is 0 Å². The Morgan fingerprint density at radius 3 is 2.72 bits per heavy atom. The van der Waals surface area contributed by atoms with E-state index in [1.165, 1.54) is 0 Å². The summed E-state index contributed by atoms with van der Waals surface area (Å²) >= 11 is 0. The highest BCUT2D eigenvalue weighted by molar-refractivity contribution is 5.81. The molecule has 1 aliphatic rings. The number of carbonyl (C=O) groups excluding carboxylic acids is 1. The Balaban J connectivity index is 2.07. The van der Waals surface area contributed by atoms with Crippen LogP contribution in [0.3, 0.4) is 0 Å². The number of morpholine rings is 1.